The Balaban J connectivity index is 1.29. The van der Waals surface area contributed by atoms with Crippen LogP contribution >= 0.6 is 0 Å². The molecule has 0 atom stereocenters. The van der Waals surface area contributed by atoms with Crippen LogP contribution in [-0.2, 0) is 0 Å². The Hall–Kier alpha value is -4.04. The summed E-state index contributed by atoms with van der Waals surface area (Å²) in [6.45, 7) is 4.24. The van der Waals surface area contributed by atoms with E-state index in [0.717, 1.165) is 22.5 Å². The van der Waals surface area contributed by atoms with E-state index in [1.54, 1.807) is 0 Å². The molecule has 1 heterocycles. The lowest BCUT2D eigenvalue weighted by atomic mass is 10.0. The third-order valence-corrected chi connectivity index (χ3v) is 5.62. The number of hydrogen-bond acceptors (Lipinski definition) is 2. The van der Waals surface area contributed by atoms with Gasteiger partial charge >= 0.3 is 0 Å². The van der Waals surface area contributed by atoms with Crippen molar-refractivity contribution in [3.63, 3.8) is 0 Å². The van der Waals surface area contributed by atoms with E-state index in [-0.39, 0.29) is 0 Å². The van der Waals surface area contributed by atoms with Gasteiger partial charge in [-0.2, -0.15) is 0 Å². The second-order valence-corrected chi connectivity index (χ2v) is 8.25. The Kier molecular flexibility index (Phi) is 5.35. The van der Waals surface area contributed by atoms with Gasteiger partial charge in [-0.15, -0.1) is 0 Å². The average Bonchev–Trinajstić information content (AvgIpc) is 2.82. The molecule has 4 aromatic carbocycles. The Bertz CT molecular complexity index is 1360. The van der Waals surface area contributed by atoms with Crippen molar-refractivity contribution in [1.29, 1.82) is 0 Å². The summed E-state index contributed by atoms with van der Waals surface area (Å²) >= 11 is 0. The predicted octanol–water partition coefficient (Wildman–Crippen LogP) is 7.74. The molecule has 0 radical (unpaired) electrons. The maximum atomic E-state index is 4.54. The topological polar surface area (TPSA) is 25.8 Å². The Morgan fingerprint density at radius 3 is 1.31 bits per heavy atom. The fraction of sp³-hybridized carbons (Fsp3) is 0.0667. The van der Waals surface area contributed by atoms with Gasteiger partial charge in [-0.05, 0) is 70.8 Å². The quantitative estimate of drug-likeness (QED) is 0.302. The molecule has 32 heavy (non-hydrogen) atoms. The summed E-state index contributed by atoms with van der Waals surface area (Å²) in [5.74, 6) is 0. The first-order chi connectivity index (χ1) is 15.6. The molecule has 5 rings (SSSR count). The lowest BCUT2D eigenvalue weighted by molar-refractivity contribution is 1.16. The van der Waals surface area contributed by atoms with E-state index in [2.05, 4.69) is 109 Å². The normalized spacial score (nSPS) is 11.8. The number of rotatable bonds is 4. The second kappa shape index (κ2) is 8.60. The summed E-state index contributed by atoms with van der Waals surface area (Å²) in [5.41, 5.74) is 6.54. The Morgan fingerprint density at radius 2 is 0.875 bits per heavy atom. The first kappa shape index (κ1) is 19.9. The number of aromatic nitrogens is 2. The zero-order chi connectivity index (χ0) is 21.9. The van der Waals surface area contributed by atoms with Crippen molar-refractivity contribution >= 4 is 45.8 Å². The molecule has 0 aliphatic heterocycles. The van der Waals surface area contributed by atoms with Gasteiger partial charge in [0.2, 0.25) is 0 Å². The van der Waals surface area contributed by atoms with Crippen LogP contribution in [0.15, 0.2) is 85.2 Å². The van der Waals surface area contributed by atoms with E-state index in [1.165, 1.54) is 32.7 Å². The molecule has 2 heteroatoms. The van der Waals surface area contributed by atoms with Crippen LogP contribution in [0.3, 0.4) is 0 Å². The fourth-order valence-electron chi connectivity index (χ4n) is 3.86. The lowest BCUT2D eigenvalue weighted by Gasteiger charge is -2.02. The van der Waals surface area contributed by atoms with Crippen LogP contribution in [0.5, 0.6) is 0 Å². The highest BCUT2D eigenvalue weighted by Gasteiger charge is 1.98. The highest BCUT2D eigenvalue weighted by Crippen LogP contribution is 2.20. The number of hydrogen-bond donors (Lipinski definition) is 0. The van der Waals surface area contributed by atoms with Gasteiger partial charge in [0, 0.05) is 0 Å². The van der Waals surface area contributed by atoms with E-state index in [0.29, 0.717) is 0 Å². The summed E-state index contributed by atoms with van der Waals surface area (Å²) < 4.78 is 0. The van der Waals surface area contributed by atoms with Crippen molar-refractivity contribution in [1.82, 2.24) is 9.97 Å². The van der Waals surface area contributed by atoms with Crippen LogP contribution < -0.4 is 0 Å². The monoisotopic (exact) mass is 412 g/mol. The average molecular weight is 413 g/mol. The molecule has 0 unspecified atom stereocenters. The van der Waals surface area contributed by atoms with Crippen molar-refractivity contribution in [2.75, 3.05) is 0 Å². The molecule has 0 saturated carbocycles. The highest BCUT2D eigenvalue weighted by atomic mass is 14.8. The van der Waals surface area contributed by atoms with Crippen LogP contribution in [0.1, 0.15) is 33.6 Å². The zero-order valence-corrected chi connectivity index (χ0v) is 18.3. The lowest BCUT2D eigenvalue weighted by Crippen LogP contribution is -1.86. The SMILES string of the molecule is Cc1ccc2cc(/C=C/c3cnc(/C=C/c4ccc5cc(C)ccc5c4)cn3)ccc2c1. The van der Waals surface area contributed by atoms with Crippen molar-refractivity contribution in [2.45, 2.75) is 13.8 Å². The van der Waals surface area contributed by atoms with Crippen LogP contribution in [0.25, 0.3) is 45.8 Å². The van der Waals surface area contributed by atoms with Crippen LogP contribution in [-0.4, -0.2) is 9.97 Å². The molecular weight excluding hydrogens is 388 g/mol. The Morgan fingerprint density at radius 1 is 0.469 bits per heavy atom. The minimum absolute atomic E-state index is 0.840. The first-order valence-corrected chi connectivity index (χ1v) is 10.8. The van der Waals surface area contributed by atoms with Gasteiger partial charge in [-0.1, -0.05) is 83.9 Å². The van der Waals surface area contributed by atoms with Crippen molar-refractivity contribution in [3.05, 3.63) is 119 Å². The highest BCUT2D eigenvalue weighted by molar-refractivity contribution is 5.87. The summed E-state index contributed by atoms with van der Waals surface area (Å²) in [4.78, 5) is 9.08. The van der Waals surface area contributed by atoms with E-state index in [4.69, 9.17) is 0 Å². The minimum atomic E-state index is 0.840. The number of fused-ring (bicyclic) bond motifs is 2. The van der Waals surface area contributed by atoms with E-state index < -0.39 is 0 Å². The van der Waals surface area contributed by atoms with Crippen LogP contribution in [0, 0.1) is 13.8 Å². The molecule has 5 aromatic rings. The van der Waals surface area contributed by atoms with Crippen molar-refractivity contribution in [2.24, 2.45) is 0 Å². The maximum Gasteiger partial charge on any atom is 0.0813 e. The molecule has 0 saturated heterocycles. The molecule has 0 N–H and O–H groups in total. The van der Waals surface area contributed by atoms with Crippen molar-refractivity contribution in [3.8, 4) is 0 Å². The molecule has 0 bridgehead atoms. The first-order valence-electron chi connectivity index (χ1n) is 10.8. The summed E-state index contributed by atoms with van der Waals surface area (Å²) in [5, 5.41) is 5.01. The van der Waals surface area contributed by atoms with E-state index in [1.807, 2.05) is 24.5 Å². The molecular formula is C30H24N2. The van der Waals surface area contributed by atoms with Gasteiger partial charge in [-0.25, -0.2) is 0 Å². The van der Waals surface area contributed by atoms with Gasteiger partial charge in [-0.3, -0.25) is 9.97 Å². The Labute approximate surface area is 188 Å². The van der Waals surface area contributed by atoms with E-state index in [9.17, 15) is 0 Å². The smallest absolute Gasteiger partial charge is 0.0813 e. The van der Waals surface area contributed by atoms with E-state index >= 15 is 0 Å². The largest absolute Gasteiger partial charge is 0.253 e. The molecule has 0 aliphatic carbocycles. The zero-order valence-electron chi connectivity index (χ0n) is 18.3. The summed E-state index contributed by atoms with van der Waals surface area (Å²) in [7, 11) is 0. The van der Waals surface area contributed by atoms with Gasteiger partial charge in [0.15, 0.2) is 0 Å². The molecule has 0 spiro atoms. The molecule has 0 fully saturated rings. The van der Waals surface area contributed by atoms with Crippen LogP contribution in [0.4, 0.5) is 0 Å². The van der Waals surface area contributed by atoms with Crippen LogP contribution in [0.2, 0.25) is 0 Å². The molecule has 154 valence electrons. The molecule has 2 nitrogen and oxygen atoms in total. The summed E-state index contributed by atoms with van der Waals surface area (Å²) in [6, 6.07) is 26.0. The van der Waals surface area contributed by atoms with Crippen molar-refractivity contribution < 1.29 is 0 Å². The standard InChI is InChI=1S/C30H24N2/c1-21-3-9-27-17-23(5-11-25(27)15-21)7-13-29-19-32-30(20-31-29)14-8-24-6-12-26-16-22(2)4-10-28(26)18-24/h3-20H,1-2H3/b13-7+,14-8+. The second-order valence-electron chi connectivity index (χ2n) is 8.25. The number of nitrogens with zero attached hydrogens (tertiary/aromatic N) is 2. The third kappa shape index (κ3) is 4.50. The molecule has 0 aliphatic rings. The number of aryl methyl sites for hydroxylation is 2. The third-order valence-electron chi connectivity index (χ3n) is 5.62. The molecule has 1 aromatic heterocycles. The minimum Gasteiger partial charge on any atom is -0.253 e. The van der Waals surface area contributed by atoms with Gasteiger partial charge in [0.25, 0.3) is 0 Å². The van der Waals surface area contributed by atoms with Gasteiger partial charge < -0.3 is 0 Å². The van der Waals surface area contributed by atoms with Gasteiger partial charge in [0.1, 0.15) is 0 Å². The molecule has 0 amide bonds. The fourth-order valence-corrected chi connectivity index (χ4v) is 3.86. The van der Waals surface area contributed by atoms with Gasteiger partial charge in [0.05, 0.1) is 23.8 Å². The maximum absolute atomic E-state index is 4.54. The number of benzene rings is 4. The predicted molar refractivity (Wildman–Crippen MR) is 137 cm³/mol. The summed E-state index contributed by atoms with van der Waals surface area (Å²) in [6.07, 6.45) is 11.8.